The van der Waals surface area contributed by atoms with Gasteiger partial charge in [0.15, 0.2) is 5.78 Å². The molecule has 4 N–H and O–H groups in total. The molecule has 6 fully saturated rings. The van der Waals surface area contributed by atoms with Gasteiger partial charge in [0.1, 0.15) is 17.3 Å². The number of anilines is 1. The number of aliphatic hydroxyl groups excluding tert-OH is 1. The molecule has 0 spiro atoms. The maximum atomic E-state index is 13.7. The first-order valence-electron chi connectivity index (χ1n) is 29.7. The van der Waals surface area contributed by atoms with Crippen LogP contribution in [0.1, 0.15) is 177 Å². The highest BCUT2D eigenvalue weighted by Crippen LogP contribution is 2.70. The molecule has 1 amide bonds. The second kappa shape index (κ2) is 22.3. The number of nitrogens with one attached hydrogen (secondary N) is 1. The van der Waals surface area contributed by atoms with Crippen LogP contribution in [-0.4, -0.2) is 102 Å². The van der Waals surface area contributed by atoms with Crippen molar-refractivity contribution in [3.8, 4) is 11.8 Å². The van der Waals surface area contributed by atoms with E-state index < -0.39 is 53.0 Å². The fraction of sp³-hybridized carbons (Fsp3) is 0.750. The summed E-state index contributed by atoms with van der Waals surface area (Å²) in [4.78, 5) is 52.7. The minimum absolute atomic E-state index is 0.0192. The van der Waals surface area contributed by atoms with Gasteiger partial charge in [0.25, 0.3) is 0 Å². The topological polar surface area (TPSA) is 181 Å². The fourth-order valence-electron chi connectivity index (χ4n) is 17.9. The fourth-order valence-corrected chi connectivity index (χ4v) is 17.9. The van der Waals surface area contributed by atoms with E-state index in [1.165, 1.54) is 22.3 Å². The van der Waals surface area contributed by atoms with Gasteiger partial charge in [0.05, 0.1) is 31.3 Å². The van der Waals surface area contributed by atoms with Crippen molar-refractivity contribution < 1.29 is 53.4 Å². The van der Waals surface area contributed by atoms with E-state index in [9.17, 15) is 34.5 Å². The summed E-state index contributed by atoms with van der Waals surface area (Å²) in [5.41, 5.74) is 3.99. The molecule has 8 aliphatic rings. The maximum absolute atomic E-state index is 13.7. The zero-order chi connectivity index (χ0) is 55.4. The highest BCUT2D eigenvalue weighted by atomic mass is 16.7. The summed E-state index contributed by atoms with van der Waals surface area (Å²) in [5.74, 6) is 6.87. The average molecular weight is 1070 g/mol. The van der Waals surface area contributed by atoms with Crippen LogP contribution in [0.25, 0.3) is 0 Å². The van der Waals surface area contributed by atoms with Crippen molar-refractivity contribution in [1.29, 1.82) is 0 Å². The maximum Gasteiger partial charge on any atom is 0.508 e. The van der Waals surface area contributed by atoms with Crippen molar-refractivity contribution in [2.24, 2.45) is 69.5 Å². The van der Waals surface area contributed by atoms with Crippen molar-refractivity contribution in [3.63, 3.8) is 0 Å². The third kappa shape index (κ3) is 11.0. The Bertz CT molecular complexity index is 2500. The third-order valence-corrected chi connectivity index (χ3v) is 21.8. The minimum Gasteiger partial charge on any atom is -0.481 e. The lowest BCUT2D eigenvalue weighted by Crippen LogP contribution is -2.63. The Kier molecular flexibility index (Phi) is 16.6. The van der Waals surface area contributed by atoms with Crippen LogP contribution in [0.3, 0.4) is 0 Å². The summed E-state index contributed by atoms with van der Waals surface area (Å²) in [6.45, 7) is 19.7. The molecule has 0 saturated heterocycles. The van der Waals surface area contributed by atoms with Gasteiger partial charge in [0.2, 0.25) is 0 Å². The van der Waals surface area contributed by atoms with E-state index in [-0.39, 0.29) is 77.3 Å². The summed E-state index contributed by atoms with van der Waals surface area (Å²) in [6, 6.07) is 9.02. The van der Waals surface area contributed by atoms with Gasteiger partial charge in [-0.1, -0.05) is 58.2 Å². The normalized spacial score (nSPS) is 37.9. The quantitative estimate of drug-likeness (QED) is 0.0742. The lowest BCUT2D eigenvalue weighted by Gasteiger charge is -2.64. The van der Waals surface area contributed by atoms with Crippen LogP contribution < -0.4 is 10.2 Å². The predicted octanol–water partition coefficient (Wildman–Crippen LogP) is 11.6. The zero-order valence-corrected chi connectivity index (χ0v) is 48.1. The molecular formula is C64H92N2O11. The Labute approximate surface area is 459 Å². The second-order valence-corrected chi connectivity index (χ2v) is 27.1. The number of carboxylic acids is 1. The SMILES string of the molecule is CC#C[C@@]1(O)CC[C@H]2[C@@H]3CCC4=CC(=O)CCC4=C3[C@@H](c3ccc(N(C)CCO[C@H]4CC[C@@]5(C)[C@@H](C4)C[C@@H](OC(=O)OCCCNC(=O)OC(C)(C)C)[C@@H]4[C@@H]5C[C@H](O)[C@]5(C)[C@@H]([C@H](C)CC(C)C(=O)O)CC[C@@H]45)cc3)C[C@@]21C. The van der Waals surface area contributed by atoms with Gasteiger partial charge in [-0.05, 0) is 211 Å². The summed E-state index contributed by atoms with van der Waals surface area (Å²) >= 11 is 0. The first-order valence-corrected chi connectivity index (χ1v) is 29.7. The molecule has 13 heteroatoms. The van der Waals surface area contributed by atoms with E-state index in [0.29, 0.717) is 63.5 Å². The predicted molar refractivity (Wildman–Crippen MR) is 296 cm³/mol. The van der Waals surface area contributed by atoms with Crippen molar-refractivity contribution in [2.45, 2.75) is 200 Å². The molecule has 0 aromatic heterocycles. The Morgan fingerprint density at radius 1 is 0.922 bits per heavy atom. The molecule has 424 valence electrons. The van der Waals surface area contributed by atoms with Gasteiger partial charge in [0, 0.05) is 49.5 Å². The molecule has 1 unspecified atom stereocenters. The van der Waals surface area contributed by atoms with Crippen molar-refractivity contribution >= 4 is 29.7 Å². The number of benzene rings is 1. The number of nitrogens with zero attached hydrogens (tertiary/aromatic N) is 1. The number of carbonyl (C=O) groups is 4. The summed E-state index contributed by atoms with van der Waals surface area (Å²) in [7, 11) is 2.12. The number of alkyl carbamates (subject to hydrolysis) is 1. The zero-order valence-electron chi connectivity index (χ0n) is 48.1. The van der Waals surface area contributed by atoms with Gasteiger partial charge in [-0.2, -0.15) is 0 Å². The van der Waals surface area contributed by atoms with Crippen LogP contribution >= 0.6 is 0 Å². The number of likely N-dealkylation sites (N-methyl/N-ethyl adjacent to an activating group) is 1. The van der Waals surface area contributed by atoms with Crippen LogP contribution in [0, 0.1) is 81.3 Å². The largest absolute Gasteiger partial charge is 0.508 e. The first kappa shape index (κ1) is 57.3. The van der Waals surface area contributed by atoms with Crippen molar-refractivity contribution in [2.75, 3.05) is 38.3 Å². The third-order valence-electron chi connectivity index (χ3n) is 21.8. The summed E-state index contributed by atoms with van der Waals surface area (Å²) in [6.07, 6.45) is 12.3. The first-order chi connectivity index (χ1) is 36.4. The number of rotatable bonds is 15. The number of hydrogen-bond acceptors (Lipinski definition) is 11. The van der Waals surface area contributed by atoms with Gasteiger partial charge >= 0.3 is 18.2 Å². The Balaban J connectivity index is 0.864. The molecule has 0 radical (unpaired) electrons. The number of aliphatic hydroxyl groups is 2. The number of aliphatic carboxylic acids is 1. The van der Waals surface area contributed by atoms with Crippen molar-refractivity contribution in [1.82, 2.24) is 5.32 Å². The summed E-state index contributed by atoms with van der Waals surface area (Å²) in [5, 5.41) is 37.1. The number of hydrogen-bond donors (Lipinski definition) is 4. The number of ether oxygens (including phenoxy) is 4. The monoisotopic (exact) mass is 1060 g/mol. The molecule has 0 aliphatic heterocycles. The Hall–Kier alpha value is -4.38. The van der Waals surface area contributed by atoms with Crippen LogP contribution in [0.5, 0.6) is 0 Å². The standard InChI is InChI=1S/C64H92N2O11/c1-11-25-64(73)27-24-50-47-19-15-41-33-44(67)18-20-46(41)55(47)48(37-62(50,64)8)40-13-16-43(17-14-40)66(10)29-31-74-45-23-26-61(7)42(34-45)35-53(76-59(72)75-30-12-28-65-58(71)77-60(4,5)6)56-51-22-21-49(38(2)32-39(3)57(69)70)63(51,9)54(68)36-52(56)61/h13-14,16-17,33,38-39,42,45,47-54,56,68,73H,12,15,18-24,26-32,34-37H2,1-10H3,(H,65,71)(H,69,70)/t38-,39?,42+,45+,47+,48-,49-,50+,51+,52+,53-,54+,56+,61+,62+,63-,64-/m1/s1. The minimum atomic E-state index is -1.02. The number of allylic oxidation sites excluding steroid dienone is 4. The summed E-state index contributed by atoms with van der Waals surface area (Å²) < 4.78 is 24.3. The highest BCUT2D eigenvalue weighted by molar-refractivity contribution is 5.93. The van der Waals surface area contributed by atoms with Crippen LogP contribution in [0.4, 0.5) is 15.3 Å². The number of amides is 1. The smallest absolute Gasteiger partial charge is 0.481 e. The van der Waals surface area contributed by atoms with E-state index in [2.05, 4.69) is 81.1 Å². The number of fused-ring (bicyclic) bond motifs is 9. The second-order valence-electron chi connectivity index (χ2n) is 27.1. The Morgan fingerprint density at radius 3 is 2.39 bits per heavy atom. The number of ketones is 1. The van der Waals surface area contributed by atoms with Crippen LogP contribution in [-0.2, 0) is 28.5 Å². The van der Waals surface area contributed by atoms with Gasteiger partial charge < -0.3 is 44.5 Å². The van der Waals surface area contributed by atoms with Crippen molar-refractivity contribution in [3.05, 3.63) is 52.6 Å². The van der Waals surface area contributed by atoms with E-state index in [0.717, 1.165) is 69.9 Å². The molecule has 9 rings (SSSR count). The molecule has 8 aliphatic carbocycles. The average Bonchev–Trinajstić information content (AvgIpc) is 4.05. The molecule has 13 nitrogen and oxygen atoms in total. The van der Waals surface area contributed by atoms with E-state index in [1.54, 1.807) is 27.7 Å². The number of carbonyl (C=O) groups excluding carboxylic acids is 3. The van der Waals surface area contributed by atoms with Crippen LogP contribution in [0.15, 0.2) is 47.1 Å². The number of carboxylic acid groups (broad SMARTS) is 1. The lowest BCUT2D eigenvalue weighted by molar-refractivity contribution is -0.211. The van der Waals surface area contributed by atoms with Gasteiger partial charge in [-0.15, -0.1) is 5.92 Å². The van der Waals surface area contributed by atoms with Gasteiger partial charge in [-0.3, -0.25) is 9.59 Å². The molecule has 0 heterocycles. The van der Waals surface area contributed by atoms with Gasteiger partial charge in [-0.25, -0.2) is 9.59 Å². The lowest BCUT2D eigenvalue weighted by atomic mass is 9.43. The molecule has 1 aromatic carbocycles. The molecule has 17 atom stereocenters. The van der Waals surface area contributed by atoms with E-state index in [1.807, 2.05) is 13.0 Å². The molecule has 1 aromatic rings. The highest BCUT2D eigenvalue weighted by Gasteiger charge is 2.67. The Morgan fingerprint density at radius 2 is 1.68 bits per heavy atom. The molecule has 0 bridgehead atoms. The van der Waals surface area contributed by atoms with E-state index in [4.69, 9.17) is 18.9 Å². The molecular weight excluding hydrogens is 973 g/mol. The van der Waals surface area contributed by atoms with Crippen LogP contribution in [0.2, 0.25) is 0 Å². The molecule has 77 heavy (non-hydrogen) atoms. The molecule has 6 saturated carbocycles. The van der Waals surface area contributed by atoms with E-state index >= 15 is 0 Å².